The van der Waals surface area contributed by atoms with E-state index in [0.717, 1.165) is 17.4 Å². The topological polar surface area (TPSA) is 25.2 Å². The van der Waals surface area contributed by atoms with E-state index in [9.17, 15) is 0 Å². The van der Waals surface area contributed by atoms with Gasteiger partial charge in [-0.1, -0.05) is 15.9 Å². The Morgan fingerprint density at radius 2 is 2.13 bits per heavy atom. The Labute approximate surface area is 97.7 Å². The van der Waals surface area contributed by atoms with E-state index in [1.807, 2.05) is 0 Å². The molecule has 0 bridgehead atoms. The van der Waals surface area contributed by atoms with Crippen LogP contribution in [-0.4, -0.2) is 16.3 Å². The summed E-state index contributed by atoms with van der Waals surface area (Å²) in [5.41, 5.74) is 2.44. The van der Waals surface area contributed by atoms with E-state index in [1.165, 1.54) is 16.6 Å². The molecule has 1 heterocycles. The van der Waals surface area contributed by atoms with Crippen molar-refractivity contribution in [1.82, 2.24) is 4.57 Å². The minimum atomic E-state index is 0.206. The molecule has 15 heavy (non-hydrogen) atoms. The Hall–Kier alpha value is -0.800. The Morgan fingerprint density at radius 3 is 2.80 bits per heavy atom. The van der Waals surface area contributed by atoms with Crippen molar-refractivity contribution in [3.63, 3.8) is 0 Å². The average molecular weight is 268 g/mol. The zero-order valence-electron chi connectivity index (χ0n) is 8.70. The van der Waals surface area contributed by atoms with Gasteiger partial charge in [0.2, 0.25) is 0 Å². The second kappa shape index (κ2) is 4.37. The molecule has 80 valence electrons. The van der Waals surface area contributed by atoms with Crippen LogP contribution in [-0.2, 0) is 13.0 Å². The highest BCUT2D eigenvalue weighted by Crippen LogP contribution is 2.24. The molecule has 0 radical (unpaired) electrons. The van der Waals surface area contributed by atoms with Crippen molar-refractivity contribution in [2.75, 3.05) is 6.61 Å². The summed E-state index contributed by atoms with van der Waals surface area (Å²) in [5.74, 6) is 0. The van der Waals surface area contributed by atoms with Gasteiger partial charge in [0.1, 0.15) is 0 Å². The summed E-state index contributed by atoms with van der Waals surface area (Å²) in [4.78, 5) is 0. The van der Waals surface area contributed by atoms with Gasteiger partial charge >= 0.3 is 0 Å². The molecule has 0 atom stereocenters. The van der Waals surface area contributed by atoms with Crippen LogP contribution in [0.1, 0.15) is 12.6 Å². The van der Waals surface area contributed by atoms with Gasteiger partial charge < -0.3 is 9.67 Å². The van der Waals surface area contributed by atoms with Crippen LogP contribution in [0.5, 0.6) is 0 Å². The van der Waals surface area contributed by atoms with Gasteiger partial charge in [0.25, 0.3) is 0 Å². The molecule has 1 aromatic heterocycles. The van der Waals surface area contributed by atoms with Gasteiger partial charge in [-0.2, -0.15) is 0 Å². The van der Waals surface area contributed by atoms with Crippen LogP contribution in [0.25, 0.3) is 10.9 Å². The van der Waals surface area contributed by atoms with Gasteiger partial charge in [-0.15, -0.1) is 0 Å². The molecule has 0 amide bonds. The predicted molar refractivity (Wildman–Crippen MR) is 66.1 cm³/mol. The summed E-state index contributed by atoms with van der Waals surface area (Å²) in [6.07, 6.45) is 0.722. The average Bonchev–Trinajstić information content (AvgIpc) is 2.54. The van der Waals surface area contributed by atoms with Crippen molar-refractivity contribution in [2.24, 2.45) is 0 Å². The summed E-state index contributed by atoms with van der Waals surface area (Å²) < 4.78 is 3.34. The van der Waals surface area contributed by atoms with Crippen LogP contribution >= 0.6 is 15.9 Å². The molecule has 0 fully saturated rings. The minimum absolute atomic E-state index is 0.206. The molecule has 0 aliphatic carbocycles. The number of fused-ring (bicyclic) bond motifs is 1. The zero-order chi connectivity index (χ0) is 10.8. The standard InChI is InChI=1S/C12H14BrNO/c1-2-14-11(5-6-15)8-9-7-10(13)3-4-12(9)14/h3-4,7-8,15H,2,5-6H2,1H3. The molecule has 0 spiro atoms. The van der Waals surface area contributed by atoms with Crippen LogP contribution in [0.2, 0.25) is 0 Å². The molecule has 1 aromatic carbocycles. The van der Waals surface area contributed by atoms with Crippen LogP contribution in [0, 0.1) is 0 Å². The number of aromatic nitrogens is 1. The van der Waals surface area contributed by atoms with Gasteiger partial charge in [0.05, 0.1) is 0 Å². The Bertz CT molecular complexity index is 476. The number of rotatable bonds is 3. The third-order valence-corrected chi connectivity index (χ3v) is 3.13. The highest BCUT2D eigenvalue weighted by Gasteiger charge is 2.06. The number of aryl methyl sites for hydroxylation is 1. The molecular weight excluding hydrogens is 254 g/mol. The highest BCUT2D eigenvalue weighted by atomic mass is 79.9. The Balaban J connectivity index is 2.62. The molecule has 2 nitrogen and oxygen atoms in total. The van der Waals surface area contributed by atoms with Gasteiger partial charge in [0.15, 0.2) is 0 Å². The fraction of sp³-hybridized carbons (Fsp3) is 0.333. The molecule has 1 N–H and O–H groups in total. The van der Waals surface area contributed by atoms with E-state index >= 15 is 0 Å². The van der Waals surface area contributed by atoms with Gasteiger partial charge in [0, 0.05) is 40.6 Å². The van der Waals surface area contributed by atoms with Crippen molar-refractivity contribution in [2.45, 2.75) is 19.9 Å². The van der Waals surface area contributed by atoms with E-state index in [1.54, 1.807) is 0 Å². The number of halogens is 1. The summed E-state index contributed by atoms with van der Waals surface area (Å²) in [6.45, 7) is 3.28. The molecule has 0 saturated carbocycles. The molecule has 0 aliphatic rings. The van der Waals surface area contributed by atoms with Crippen molar-refractivity contribution < 1.29 is 5.11 Å². The fourth-order valence-electron chi connectivity index (χ4n) is 1.99. The number of benzene rings is 1. The lowest BCUT2D eigenvalue weighted by Crippen LogP contribution is -2.02. The molecule has 0 aliphatic heterocycles. The van der Waals surface area contributed by atoms with Crippen LogP contribution < -0.4 is 0 Å². The van der Waals surface area contributed by atoms with Crippen molar-refractivity contribution in [3.05, 3.63) is 34.4 Å². The van der Waals surface area contributed by atoms with Crippen molar-refractivity contribution in [3.8, 4) is 0 Å². The largest absolute Gasteiger partial charge is 0.396 e. The maximum Gasteiger partial charge on any atom is 0.0485 e. The first-order valence-corrected chi connectivity index (χ1v) is 5.94. The third kappa shape index (κ3) is 1.94. The van der Waals surface area contributed by atoms with E-state index < -0.39 is 0 Å². The lowest BCUT2D eigenvalue weighted by Gasteiger charge is -2.06. The smallest absolute Gasteiger partial charge is 0.0485 e. The molecular formula is C12H14BrNO. The highest BCUT2D eigenvalue weighted by molar-refractivity contribution is 9.10. The monoisotopic (exact) mass is 267 g/mol. The summed E-state index contributed by atoms with van der Waals surface area (Å²) in [7, 11) is 0. The first kappa shape index (κ1) is 10.7. The summed E-state index contributed by atoms with van der Waals surface area (Å²) >= 11 is 3.47. The lowest BCUT2D eigenvalue weighted by molar-refractivity contribution is 0.296. The Morgan fingerprint density at radius 1 is 1.33 bits per heavy atom. The fourth-order valence-corrected chi connectivity index (χ4v) is 2.37. The predicted octanol–water partition coefficient (Wildman–Crippen LogP) is 2.96. The van der Waals surface area contributed by atoms with E-state index in [4.69, 9.17) is 5.11 Å². The summed E-state index contributed by atoms with van der Waals surface area (Å²) in [6, 6.07) is 8.43. The second-order valence-electron chi connectivity index (χ2n) is 3.56. The third-order valence-electron chi connectivity index (χ3n) is 2.63. The lowest BCUT2D eigenvalue weighted by atomic mass is 10.2. The van der Waals surface area contributed by atoms with Gasteiger partial charge in [-0.3, -0.25) is 0 Å². The normalized spacial score (nSPS) is 11.1. The number of aliphatic hydroxyl groups excluding tert-OH is 1. The maximum atomic E-state index is 9.00. The van der Waals surface area contributed by atoms with Crippen LogP contribution in [0.4, 0.5) is 0 Å². The van der Waals surface area contributed by atoms with Crippen molar-refractivity contribution in [1.29, 1.82) is 0 Å². The molecule has 2 aromatic rings. The van der Waals surface area contributed by atoms with E-state index in [0.29, 0.717) is 0 Å². The minimum Gasteiger partial charge on any atom is -0.396 e. The van der Waals surface area contributed by atoms with E-state index in [2.05, 4.69) is 51.7 Å². The first-order valence-electron chi connectivity index (χ1n) is 5.14. The molecule has 3 heteroatoms. The van der Waals surface area contributed by atoms with E-state index in [-0.39, 0.29) is 6.61 Å². The van der Waals surface area contributed by atoms with Gasteiger partial charge in [-0.25, -0.2) is 0 Å². The number of hydrogen-bond acceptors (Lipinski definition) is 1. The number of hydrogen-bond donors (Lipinski definition) is 1. The maximum absolute atomic E-state index is 9.00. The number of aliphatic hydroxyl groups is 1. The van der Waals surface area contributed by atoms with Crippen molar-refractivity contribution >= 4 is 26.8 Å². The zero-order valence-corrected chi connectivity index (χ0v) is 10.3. The second-order valence-corrected chi connectivity index (χ2v) is 4.47. The molecule has 0 saturated heterocycles. The van der Waals surface area contributed by atoms with Crippen LogP contribution in [0.15, 0.2) is 28.7 Å². The Kier molecular flexibility index (Phi) is 3.12. The van der Waals surface area contributed by atoms with Gasteiger partial charge in [-0.05, 0) is 31.2 Å². The molecule has 2 rings (SSSR count). The first-order chi connectivity index (χ1) is 7.26. The quantitative estimate of drug-likeness (QED) is 0.909. The molecule has 0 unspecified atom stereocenters. The van der Waals surface area contributed by atoms with Crippen LogP contribution in [0.3, 0.4) is 0 Å². The summed E-state index contributed by atoms with van der Waals surface area (Å²) in [5, 5.41) is 10.2. The number of nitrogens with zero attached hydrogens (tertiary/aromatic N) is 1. The SMILES string of the molecule is CCn1c(CCO)cc2cc(Br)ccc21.